The van der Waals surface area contributed by atoms with Gasteiger partial charge in [-0.25, -0.2) is 4.98 Å². The van der Waals surface area contributed by atoms with Gasteiger partial charge in [0.2, 0.25) is 0 Å². The summed E-state index contributed by atoms with van der Waals surface area (Å²) >= 11 is 0. The molecule has 35 heavy (non-hydrogen) atoms. The van der Waals surface area contributed by atoms with Crippen LogP contribution < -0.4 is 26.7 Å². The van der Waals surface area contributed by atoms with Crippen LogP contribution in [0.15, 0.2) is 59.7 Å². The molecule has 1 aliphatic rings. The number of amides is 1. The minimum atomic E-state index is -0.657. The molecule has 8 nitrogen and oxygen atoms in total. The van der Waals surface area contributed by atoms with Crippen LogP contribution in [0.3, 0.4) is 0 Å². The normalized spacial score (nSPS) is 13.4. The second kappa shape index (κ2) is 10.3. The fraction of sp³-hybridized carbons (Fsp3) is 0.370. The second-order valence-corrected chi connectivity index (χ2v) is 9.28. The molecule has 1 aromatic heterocycles. The van der Waals surface area contributed by atoms with Crippen molar-refractivity contribution in [2.75, 3.05) is 18.5 Å². The van der Waals surface area contributed by atoms with Crippen LogP contribution in [0.25, 0.3) is 5.69 Å². The molecule has 4 rings (SSSR count). The summed E-state index contributed by atoms with van der Waals surface area (Å²) in [5, 5.41) is 6.31. The number of carbonyl (C=O) groups excluding carboxylic acids is 1. The standard InChI is InChI=1S/C27H33N5O3/c1-4-18-9-10-19(25(33)30-20-11-12-20)17-22(18)32-15-14-29-24(26(32)34)31-27(2,3)21-7-5-6-8-23(21)35-16-13-28/h5-10,14-15,17,20H,4,11-13,16,28H2,1-3H3,(H,29,31)(H,30,33). The van der Waals surface area contributed by atoms with Crippen molar-refractivity contribution < 1.29 is 9.53 Å². The number of carbonyl (C=O) groups is 1. The minimum Gasteiger partial charge on any atom is -0.492 e. The Balaban J connectivity index is 1.68. The Kier molecular flexibility index (Phi) is 7.21. The zero-order valence-corrected chi connectivity index (χ0v) is 20.5. The molecule has 0 radical (unpaired) electrons. The largest absolute Gasteiger partial charge is 0.492 e. The predicted molar refractivity (Wildman–Crippen MR) is 137 cm³/mol. The van der Waals surface area contributed by atoms with Crippen molar-refractivity contribution in [1.29, 1.82) is 0 Å². The number of aromatic nitrogens is 2. The summed E-state index contributed by atoms with van der Waals surface area (Å²) in [6.45, 7) is 6.76. The first-order valence-corrected chi connectivity index (χ1v) is 12.1. The van der Waals surface area contributed by atoms with Gasteiger partial charge in [0.15, 0.2) is 5.82 Å². The minimum absolute atomic E-state index is 0.118. The number of nitrogens with two attached hydrogens (primary N) is 1. The first-order chi connectivity index (χ1) is 16.8. The number of aryl methyl sites for hydroxylation is 1. The topological polar surface area (TPSA) is 111 Å². The molecule has 184 valence electrons. The fourth-order valence-electron chi connectivity index (χ4n) is 4.05. The van der Waals surface area contributed by atoms with Crippen molar-refractivity contribution in [3.8, 4) is 11.4 Å². The van der Waals surface area contributed by atoms with Gasteiger partial charge >= 0.3 is 0 Å². The maximum atomic E-state index is 13.6. The molecular formula is C27H33N5O3. The molecule has 1 fully saturated rings. The summed E-state index contributed by atoms with van der Waals surface area (Å²) < 4.78 is 7.38. The summed E-state index contributed by atoms with van der Waals surface area (Å²) in [5.41, 5.74) is 7.72. The smallest absolute Gasteiger partial charge is 0.297 e. The average Bonchev–Trinajstić information content (AvgIpc) is 3.67. The van der Waals surface area contributed by atoms with Gasteiger partial charge in [-0.1, -0.05) is 31.2 Å². The van der Waals surface area contributed by atoms with Crippen molar-refractivity contribution in [2.45, 2.75) is 51.6 Å². The van der Waals surface area contributed by atoms with E-state index >= 15 is 0 Å². The lowest BCUT2D eigenvalue weighted by Gasteiger charge is -2.29. The Morgan fingerprint density at radius 3 is 2.71 bits per heavy atom. The third-order valence-corrected chi connectivity index (χ3v) is 6.11. The number of hydrogen-bond donors (Lipinski definition) is 3. The Bertz CT molecular complexity index is 1260. The zero-order chi connectivity index (χ0) is 25.0. The van der Waals surface area contributed by atoms with Crippen molar-refractivity contribution in [2.24, 2.45) is 5.73 Å². The molecule has 0 unspecified atom stereocenters. The molecule has 1 aliphatic carbocycles. The van der Waals surface area contributed by atoms with Crippen LogP contribution in [-0.4, -0.2) is 34.7 Å². The molecule has 0 saturated heterocycles. The van der Waals surface area contributed by atoms with Crippen molar-refractivity contribution in [3.05, 3.63) is 81.9 Å². The number of benzene rings is 2. The molecule has 0 bridgehead atoms. The summed E-state index contributed by atoms with van der Waals surface area (Å²) in [6.07, 6.45) is 5.97. The zero-order valence-electron chi connectivity index (χ0n) is 20.5. The van der Waals surface area contributed by atoms with Crippen molar-refractivity contribution in [1.82, 2.24) is 14.9 Å². The van der Waals surface area contributed by atoms with Gasteiger partial charge in [-0.05, 0) is 56.9 Å². The summed E-state index contributed by atoms with van der Waals surface area (Å²) in [6, 6.07) is 13.4. The van der Waals surface area contributed by atoms with E-state index in [1.807, 2.05) is 57.2 Å². The Hall–Kier alpha value is -3.65. The molecular weight excluding hydrogens is 442 g/mol. The van der Waals surface area contributed by atoms with Crippen LogP contribution in [-0.2, 0) is 12.0 Å². The van der Waals surface area contributed by atoms with Gasteiger partial charge in [-0.15, -0.1) is 0 Å². The Morgan fingerprint density at radius 2 is 2.00 bits per heavy atom. The number of ether oxygens (including phenoxy) is 1. The molecule has 4 N–H and O–H groups in total. The van der Waals surface area contributed by atoms with Gasteiger partial charge in [-0.3, -0.25) is 14.2 Å². The first kappa shape index (κ1) is 24.5. The van der Waals surface area contributed by atoms with Gasteiger partial charge in [0.25, 0.3) is 11.5 Å². The summed E-state index contributed by atoms with van der Waals surface area (Å²) in [5.74, 6) is 0.794. The molecule has 2 aromatic carbocycles. The molecule has 1 saturated carbocycles. The van der Waals surface area contributed by atoms with E-state index in [9.17, 15) is 9.59 Å². The quantitative estimate of drug-likeness (QED) is 0.415. The number of para-hydroxylation sites is 1. The maximum Gasteiger partial charge on any atom is 0.297 e. The number of rotatable bonds is 10. The summed E-state index contributed by atoms with van der Waals surface area (Å²) in [4.78, 5) is 30.5. The number of anilines is 1. The van der Waals surface area contributed by atoms with E-state index in [2.05, 4.69) is 15.6 Å². The van der Waals surface area contributed by atoms with E-state index < -0.39 is 5.54 Å². The van der Waals surface area contributed by atoms with E-state index in [1.165, 1.54) is 0 Å². The molecule has 3 aromatic rings. The lowest BCUT2D eigenvalue weighted by atomic mass is 9.93. The lowest BCUT2D eigenvalue weighted by molar-refractivity contribution is 0.0951. The summed E-state index contributed by atoms with van der Waals surface area (Å²) in [7, 11) is 0. The number of nitrogens with one attached hydrogen (secondary N) is 2. The van der Waals surface area contributed by atoms with Crippen LogP contribution in [0.1, 0.15) is 55.1 Å². The monoisotopic (exact) mass is 475 g/mol. The van der Waals surface area contributed by atoms with Crippen molar-refractivity contribution in [3.63, 3.8) is 0 Å². The van der Waals surface area contributed by atoms with Gasteiger partial charge in [0.05, 0.1) is 11.2 Å². The average molecular weight is 476 g/mol. The highest BCUT2D eigenvalue weighted by atomic mass is 16.5. The Labute approximate surface area is 205 Å². The second-order valence-electron chi connectivity index (χ2n) is 9.28. The van der Waals surface area contributed by atoms with Crippen LogP contribution in [0, 0.1) is 0 Å². The van der Waals surface area contributed by atoms with E-state index in [1.54, 1.807) is 23.0 Å². The number of hydrogen-bond acceptors (Lipinski definition) is 6. The van der Waals surface area contributed by atoms with E-state index in [4.69, 9.17) is 10.5 Å². The molecule has 1 amide bonds. The van der Waals surface area contributed by atoms with Gasteiger partial charge < -0.3 is 21.1 Å². The number of nitrogens with zero attached hydrogens (tertiary/aromatic N) is 2. The maximum absolute atomic E-state index is 13.6. The van der Waals surface area contributed by atoms with E-state index in [0.29, 0.717) is 36.6 Å². The molecule has 0 spiro atoms. The molecule has 1 heterocycles. The third kappa shape index (κ3) is 5.54. The SMILES string of the molecule is CCc1ccc(C(=O)NC2CC2)cc1-n1ccnc(NC(C)(C)c2ccccc2OCCN)c1=O. The highest BCUT2D eigenvalue weighted by Crippen LogP contribution is 2.32. The molecule has 8 heteroatoms. The van der Waals surface area contributed by atoms with Gasteiger partial charge in [0, 0.05) is 36.1 Å². The Morgan fingerprint density at radius 1 is 1.23 bits per heavy atom. The van der Waals surface area contributed by atoms with E-state index in [0.717, 1.165) is 24.0 Å². The molecule has 0 aliphatic heterocycles. The van der Waals surface area contributed by atoms with Crippen LogP contribution >= 0.6 is 0 Å². The van der Waals surface area contributed by atoms with Crippen molar-refractivity contribution >= 4 is 11.7 Å². The van der Waals surface area contributed by atoms with Crippen LogP contribution in [0.4, 0.5) is 5.82 Å². The molecule has 0 atom stereocenters. The van der Waals surface area contributed by atoms with Gasteiger partial charge in [0.1, 0.15) is 12.4 Å². The fourth-order valence-corrected chi connectivity index (χ4v) is 4.05. The van der Waals surface area contributed by atoms with Gasteiger partial charge in [-0.2, -0.15) is 0 Å². The van der Waals surface area contributed by atoms with Crippen LogP contribution in [0.5, 0.6) is 5.75 Å². The first-order valence-electron chi connectivity index (χ1n) is 12.1. The highest BCUT2D eigenvalue weighted by molar-refractivity contribution is 5.95. The predicted octanol–water partition coefficient (Wildman–Crippen LogP) is 3.37. The highest BCUT2D eigenvalue weighted by Gasteiger charge is 2.27. The third-order valence-electron chi connectivity index (χ3n) is 6.11. The van der Waals surface area contributed by atoms with Crippen LogP contribution in [0.2, 0.25) is 0 Å². The lowest BCUT2D eigenvalue weighted by Crippen LogP contribution is -2.34. The van der Waals surface area contributed by atoms with E-state index in [-0.39, 0.29) is 23.3 Å².